The number of aryl methyl sites for hydroxylation is 2. The van der Waals surface area contributed by atoms with Gasteiger partial charge in [0.25, 0.3) is 11.2 Å². The molecule has 2 heterocycles. The number of sulfonamides is 1. The van der Waals surface area contributed by atoms with Gasteiger partial charge in [-0.1, -0.05) is 19.9 Å². The summed E-state index contributed by atoms with van der Waals surface area (Å²) in [6.07, 6.45) is 0. The van der Waals surface area contributed by atoms with Gasteiger partial charge in [0.05, 0.1) is 11.7 Å². The van der Waals surface area contributed by atoms with Crippen LogP contribution in [0.5, 0.6) is 5.75 Å². The van der Waals surface area contributed by atoms with Gasteiger partial charge in [0, 0.05) is 0 Å². The number of furan rings is 1. The van der Waals surface area contributed by atoms with Crippen LogP contribution in [0.2, 0.25) is 0 Å². The Bertz CT molecular complexity index is 1160. The Labute approximate surface area is 183 Å². The van der Waals surface area contributed by atoms with Gasteiger partial charge in [-0.3, -0.25) is 0 Å². The van der Waals surface area contributed by atoms with Crippen molar-refractivity contribution in [3.63, 3.8) is 0 Å². The molecular formula is C19H25N5O5S2. The summed E-state index contributed by atoms with van der Waals surface area (Å²) < 4.78 is 52.2. The first-order valence-electron chi connectivity index (χ1n) is 9.49. The lowest BCUT2D eigenvalue weighted by atomic mass is 10.0. The highest BCUT2D eigenvalue weighted by Crippen LogP contribution is 2.31. The van der Waals surface area contributed by atoms with Crippen LogP contribution < -0.4 is 15.4 Å². The fraction of sp³-hybridized carbons (Fsp3) is 0.368. The number of aromatic hydroxyl groups is 1. The molecule has 0 bridgehead atoms. The van der Waals surface area contributed by atoms with E-state index in [1.54, 1.807) is 0 Å². The smallest absolute Gasteiger partial charge is 0.269 e. The van der Waals surface area contributed by atoms with Crippen LogP contribution >= 0.6 is 0 Å². The third kappa shape index (κ3) is 4.81. The lowest BCUT2D eigenvalue weighted by Crippen LogP contribution is -2.38. The second kappa shape index (κ2) is 8.81. The molecule has 4 N–H and O–H groups in total. The minimum atomic E-state index is -3.88. The molecule has 0 aliphatic carbocycles. The zero-order valence-corrected chi connectivity index (χ0v) is 19.4. The van der Waals surface area contributed by atoms with Crippen LogP contribution in [-0.2, 0) is 21.2 Å². The van der Waals surface area contributed by atoms with Crippen LogP contribution in [0, 0.1) is 19.8 Å². The molecule has 3 rings (SSSR count). The average Bonchev–Trinajstić information content (AvgIpc) is 3.22. The molecule has 1 aromatic carbocycles. The van der Waals surface area contributed by atoms with E-state index in [1.807, 2.05) is 33.8 Å². The van der Waals surface area contributed by atoms with Crippen molar-refractivity contribution in [1.82, 2.24) is 10.0 Å². The molecule has 1 aliphatic heterocycles. The SMILES string of the molecule is CNS(=O)(=O)c1cccc(NC2=NS(=O)N=C2N[C@@H](c2cc(C)c(C)o2)C(C)C)c1O. The molecule has 31 heavy (non-hydrogen) atoms. The quantitative estimate of drug-likeness (QED) is 0.477. The zero-order chi connectivity index (χ0) is 22.9. The Morgan fingerprint density at radius 1 is 1.16 bits per heavy atom. The first-order valence-corrected chi connectivity index (χ1v) is 12.0. The minimum Gasteiger partial charge on any atom is -0.504 e. The van der Waals surface area contributed by atoms with Crippen LogP contribution in [0.15, 0.2) is 42.4 Å². The molecule has 0 amide bonds. The number of hydrogen-bond acceptors (Lipinski definition) is 7. The van der Waals surface area contributed by atoms with Crippen molar-refractivity contribution < 1.29 is 22.2 Å². The molecular weight excluding hydrogens is 442 g/mol. The lowest BCUT2D eigenvalue weighted by molar-refractivity contribution is 0.369. The summed E-state index contributed by atoms with van der Waals surface area (Å²) in [5.74, 6) is 1.44. The molecule has 2 atom stereocenters. The van der Waals surface area contributed by atoms with E-state index < -0.39 is 26.9 Å². The van der Waals surface area contributed by atoms with E-state index in [1.165, 1.54) is 25.2 Å². The Balaban J connectivity index is 1.90. The highest BCUT2D eigenvalue weighted by Gasteiger charge is 2.28. The number of anilines is 1. The number of amidine groups is 2. The molecule has 0 fully saturated rings. The topological polar surface area (TPSA) is 145 Å². The van der Waals surface area contributed by atoms with Crippen LogP contribution in [0.1, 0.15) is 37.0 Å². The molecule has 168 valence electrons. The summed E-state index contributed by atoms with van der Waals surface area (Å²) in [6, 6.07) is 5.86. The van der Waals surface area contributed by atoms with Gasteiger partial charge >= 0.3 is 0 Å². The number of hydrogen-bond donors (Lipinski definition) is 4. The van der Waals surface area contributed by atoms with Gasteiger partial charge in [0.1, 0.15) is 16.4 Å². The van der Waals surface area contributed by atoms with Crippen LogP contribution in [0.3, 0.4) is 0 Å². The van der Waals surface area contributed by atoms with E-state index in [9.17, 15) is 17.7 Å². The number of rotatable bonds is 6. The largest absolute Gasteiger partial charge is 0.504 e. The Hall–Kier alpha value is -2.70. The summed E-state index contributed by atoms with van der Waals surface area (Å²) in [5.41, 5.74) is 1.09. The van der Waals surface area contributed by atoms with E-state index in [0.717, 1.165) is 11.3 Å². The van der Waals surface area contributed by atoms with Crippen molar-refractivity contribution in [2.75, 3.05) is 12.4 Å². The molecule has 0 spiro atoms. The van der Waals surface area contributed by atoms with Gasteiger partial charge in [-0.05, 0) is 50.6 Å². The van der Waals surface area contributed by atoms with Crippen molar-refractivity contribution in [2.24, 2.45) is 14.7 Å². The second-order valence-corrected chi connectivity index (χ2v) is 10.0. The fourth-order valence-corrected chi connectivity index (χ4v) is 4.45. The van der Waals surface area contributed by atoms with Crippen molar-refractivity contribution in [3.8, 4) is 5.75 Å². The highest BCUT2D eigenvalue weighted by molar-refractivity contribution is 7.89. The minimum absolute atomic E-state index is 0.0780. The van der Waals surface area contributed by atoms with E-state index in [2.05, 4.69) is 24.2 Å². The number of benzene rings is 1. The summed E-state index contributed by atoms with van der Waals surface area (Å²) in [6.45, 7) is 7.83. The van der Waals surface area contributed by atoms with Crippen LogP contribution in [0.25, 0.3) is 0 Å². The summed E-state index contributed by atoms with van der Waals surface area (Å²) in [7, 11) is -2.63. The van der Waals surface area contributed by atoms with Gasteiger partial charge in [-0.25, -0.2) is 17.3 Å². The Kier molecular flexibility index (Phi) is 6.53. The van der Waals surface area contributed by atoms with E-state index in [4.69, 9.17) is 4.42 Å². The summed E-state index contributed by atoms with van der Waals surface area (Å²) in [4.78, 5) is -0.298. The van der Waals surface area contributed by atoms with Gasteiger partial charge in [0.15, 0.2) is 17.4 Å². The third-order valence-electron chi connectivity index (χ3n) is 4.82. The van der Waals surface area contributed by atoms with E-state index in [-0.39, 0.29) is 34.2 Å². The third-order valence-corrected chi connectivity index (χ3v) is 6.95. The molecule has 2 aromatic rings. The van der Waals surface area contributed by atoms with Gasteiger partial charge in [-0.15, -0.1) is 8.80 Å². The zero-order valence-electron chi connectivity index (χ0n) is 17.8. The average molecular weight is 468 g/mol. The molecule has 10 nitrogen and oxygen atoms in total. The number of nitrogens with zero attached hydrogens (tertiary/aromatic N) is 2. The van der Waals surface area contributed by atoms with E-state index >= 15 is 0 Å². The maximum absolute atomic E-state index is 12.1. The fourth-order valence-electron chi connectivity index (χ4n) is 2.99. The Morgan fingerprint density at radius 3 is 2.42 bits per heavy atom. The van der Waals surface area contributed by atoms with E-state index in [0.29, 0.717) is 5.76 Å². The Morgan fingerprint density at radius 2 is 1.84 bits per heavy atom. The monoisotopic (exact) mass is 467 g/mol. The van der Waals surface area contributed by atoms with Gasteiger partial charge in [0.2, 0.25) is 10.0 Å². The first kappa shape index (κ1) is 23.0. The van der Waals surface area contributed by atoms with Crippen molar-refractivity contribution in [3.05, 3.63) is 41.3 Å². The summed E-state index contributed by atoms with van der Waals surface area (Å²) in [5, 5.41) is 16.5. The molecule has 1 aliphatic rings. The normalized spacial score (nSPS) is 17.4. The van der Waals surface area contributed by atoms with Crippen molar-refractivity contribution in [2.45, 2.75) is 38.6 Å². The lowest BCUT2D eigenvalue weighted by Gasteiger charge is -2.22. The predicted octanol–water partition coefficient (Wildman–Crippen LogP) is 2.30. The summed E-state index contributed by atoms with van der Waals surface area (Å²) >= 11 is -1.86. The number of phenolic OH excluding ortho intramolecular Hbond substituents is 1. The number of nitrogens with one attached hydrogen (secondary N) is 3. The van der Waals surface area contributed by atoms with Crippen LogP contribution in [-0.4, -0.2) is 36.5 Å². The van der Waals surface area contributed by atoms with Gasteiger partial charge < -0.3 is 20.2 Å². The maximum Gasteiger partial charge on any atom is 0.269 e. The molecule has 0 saturated carbocycles. The predicted molar refractivity (Wildman–Crippen MR) is 120 cm³/mol. The molecule has 12 heteroatoms. The second-order valence-electron chi connectivity index (χ2n) is 7.35. The standard InChI is InChI=1S/C19H25N5O5S2/c1-10(2)16(14-9-11(3)12(4)29-14)22-19-18(23-30(26)24-19)21-13-7-6-8-15(17(13)25)31(27,28)20-5/h6-10,16,20,25H,1-5H3,(H,21,23)(H,22,24)/t16-,30?/m1/s1. The molecule has 0 saturated heterocycles. The maximum atomic E-state index is 12.1. The number of phenols is 1. The van der Waals surface area contributed by atoms with Crippen molar-refractivity contribution in [1.29, 1.82) is 0 Å². The first-order chi connectivity index (χ1) is 14.5. The molecule has 1 unspecified atom stereocenters. The number of para-hydroxylation sites is 1. The molecule has 0 radical (unpaired) electrons. The molecule has 1 aromatic heterocycles. The highest BCUT2D eigenvalue weighted by atomic mass is 32.2. The van der Waals surface area contributed by atoms with Crippen molar-refractivity contribution >= 4 is 38.6 Å². The van der Waals surface area contributed by atoms with Crippen LogP contribution in [0.4, 0.5) is 5.69 Å². The van der Waals surface area contributed by atoms with Gasteiger partial charge in [-0.2, -0.15) is 0 Å².